The standard InChI is InChI=1S/C11H7BrCl2N2O/c12-6-1-8(5-16-4-6)17-11-9(13)2-7(15)3-10(11)14/h1-5H,15H2. The number of halogens is 3. The van der Waals surface area contributed by atoms with E-state index in [4.69, 9.17) is 33.7 Å². The Morgan fingerprint density at radius 1 is 1.12 bits per heavy atom. The summed E-state index contributed by atoms with van der Waals surface area (Å²) in [5.41, 5.74) is 6.09. The lowest BCUT2D eigenvalue weighted by molar-refractivity contribution is 0.480. The summed E-state index contributed by atoms with van der Waals surface area (Å²) in [6.45, 7) is 0. The largest absolute Gasteiger partial charge is 0.453 e. The number of anilines is 1. The molecule has 1 aromatic carbocycles. The number of nitrogens with two attached hydrogens (primary N) is 1. The maximum Gasteiger partial charge on any atom is 0.164 e. The van der Waals surface area contributed by atoms with Crippen LogP contribution in [0.5, 0.6) is 11.5 Å². The van der Waals surface area contributed by atoms with Crippen molar-refractivity contribution in [3.8, 4) is 11.5 Å². The van der Waals surface area contributed by atoms with Gasteiger partial charge in [0.25, 0.3) is 0 Å². The summed E-state index contributed by atoms with van der Waals surface area (Å²) in [7, 11) is 0. The number of nitrogens with zero attached hydrogens (tertiary/aromatic N) is 1. The molecular weight excluding hydrogens is 327 g/mol. The Morgan fingerprint density at radius 2 is 1.76 bits per heavy atom. The monoisotopic (exact) mass is 332 g/mol. The summed E-state index contributed by atoms with van der Waals surface area (Å²) in [5.74, 6) is 0.898. The van der Waals surface area contributed by atoms with Crippen molar-refractivity contribution in [2.75, 3.05) is 5.73 Å². The summed E-state index contributed by atoms with van der Waals surface area (Å²) in [6, 6.07) is 4.92. The van der Waals surface area contributed by atoms with Crippen molar-refractivity contribution >= 4 is 44.8 Å². The third-order valence-corrected chi connectivity index (χ3v) is 2.92. The second kappa shape index (κ2) is 5.12. The maximum atomic E-state index is 6.00. The fraction of sp³-hybridized carbons (Fsp3) is 0. The van der Waals surface area contributed by atoms with Crippen molar-refractivity contribution in [2.24, 2.45) is 0 Å². The number of pyridine rings is 1. The van der Waals surface area contributed by atoms with Gasteiger partial charge in [-0.25, -0.2) is 0 Å². The quantitative estimate of drug-likeness (QED) is 0.821. The van der Waals surface area contributed by atoms with E-state index in [0.717, 1.165) is 4.47 Å². The Morgan fingerprint density at radius 3 is 2.35 bits per heavy atom. The molecule has 3 nitrogen and oxygen atoms in total. The Hall–Kier alpha value is -0.970. The van der Waals surface area contributed by atoms with E-state index < -0.39 is 0 Å². The molecule has 0 fully saturated rings. The molecule has 0 radical (unpaired) electrons. The molecule has 17 heavy (non-hydrogen) atoms. The van der Waals surface area contributed by atoms with Gasteiger partial charge in [0.1, 0.15) is 5.75 Å². The average Bonchev–Trinajstić information content (AvgIpc) is 2.23. The Kier molecular flexibility index (Phi) is 3.76. The van der Waals surface area contributed by atoms with Gasteiger partial charge in [-0.05, 0) is 34.1 Å². The highest BCUT2D eigenvalue weighted by Gasteiger charge is 2.10. The Bertz CT molecular complexity index is 540. The minimum absolute atomic E-state index is 0.356. The normalized spacial score (nSPS) is 10.3. The van der Waals surface area contributed by atoms with Crippen LogP contribution in [0.2, 0.25) is 10.0 Å². The molecule has 0 atom stereocenters. The van der Waals surface area contributed by atoms with Crippen LogP contribution in [0.15, 0.2) is 35.1 Å². The molecule has 88 valence electrons. The fourth-order valence-electron chi connectivity index (χ4n) is 1.24. The van der Waals surface area contributed by atoms with Gasteiger partial charge >= 0.3 is 0 Å². The fourth-order valence-corrected chi connectivity index (χ4v) is 2.17. The molecule has 0 spiro atoms. The highest BCUT2D eigenvalue weighted by molar-refractivity contribution is 9.10. The lowest BCUT2D eigenvalue weighted by Crippen LogP contribution is -1.90. The minimum atomic E-state index is 0.356. The second-order valence-corrected chi connectivity index (χ2v) is 4.98. The van der Waals surface area contributed by atoms with Crippen LogP contribution < -0.4 is 10.5 Å². The zero-order valence-electron chi connectivity index (χ0n) is 8.45. The van der Waals surface area contributed by atoms with E-state index in [1.165, 1.54) is 0 Å². The third-order valence-electron chi connectivity index (χ3n) is 1.92. The molecule has 0 bridgehead atoms. The first kappa shape index (κ1) is 12.5. The molecule has 0 aliphatic carbocycles. The molecule has 0 saturated heterocycles. The maximum absolute atomic E-state index is 6.00. The van der Waals surface area contributed by atoms with E-state index in [1.807, 2.05) is 0 Å². The molecule has 2 aromatic rings. The lowest BCUT2D eigenvalue weighted by atomic mass is 10.3. The summed E-state index contributed by atoms with van der Waals surface area (Å²) in [6.07, 6.45) is 3.22. The SMILES string of the molecule is Nc1cc(Cl)c(Oc2cncc(Br)c2)c(Cl)c1. The number of benzene rings is 1. The number of hydrogen-bond donors (Lipinski definition) is 1. The summed E-state index contributed by atoms with van der Waals surface area (Å²) >= 11 is 15.3. The number of rotatable bonds is 2. The minimum Gasteiger partial charge on any atom is -0.453 e. The van der Waals surface area contributed by atoms with E-state index in [-0.39, 0.29) is 0 Å². The number of ether oxygens (including phenoxy) is 1. The first-order chi connectivity index (χ1) is 8.06. The van der Waals surface area contributed by atoms with Gasteiger partial charge in [0.05, 0.1) is 16.2 Å². The smallest absolute Gasteiger partial charge is 0.164 e. The van der Waals surface area contributed by atoms with E-state index in [1.54, 1.807) is 30.6 Å². The summed E-state index contributed by atoms with van der Waals surface area (Å²) in [4.78, 5) is 3.97. The summed E-state index contributed by atoms with van der Waals surface area (Å²) < 4.78 is 6.37. The van der Waals surface area contributed by atoms with Crippen LogP contribution in [0.1, 0.15) is 0 Å². The Labute approximate surface area is 117 Å². The summed E-state index contributed by atoms with van der Waals surface area (Å²) in [5, 5.41) is 0.713. The molecule has 2 N–H and O–H groups in total. The average molecular weight is 334 g/mol. The van der Waals surface area contributed by atoms with Crippen LogP contribution in [0.25, 0.3) is 0 Å². The predicted octanol–water partition coefficient (Wildman–Crippen LogP) is 4.53. The zero-order valence-corrected chi connectivity index (χ0v) is 11.6. The van der Waals surface area contributed by atoms with E-state index in [0.29, 0.717) is 27.2 Å². The van der Waals surface area contributed by atoms with Crippen LogP contribution in [0.4, 0.5) is 5.69 Å². The van der Waals surface area contributed by atoms with E-state index in [9.17, 15) is 0 Å². The molecule has 1 aromatic heterocycles. The lowest BCUT2D eigenvalue weighted by Gasteiger charge is -2.10. The number of aromatic nitrogens is 1. The van der Waals surface area contributed by atoms with Crippen molar-refractivity contribution in [2.45, 2.75) is 0 Å². The molecule has 0 saturated carbocycles. The van der Waals surface area contributed by atoms with Gasteiger partial charge in [-0.3, -0.25) is 4.98 Å². The highest BCUT2D eigenvalue weighted by atomic mass is 79.9. The van der Waals surface area contributed by atoms with Gasteiger partial charge in [-0.15, -0.1) is 0 Å². The first-order valence-electron chi connectivity index (χ1n) is 4.59. The second-order valence-electron chi connectivity index (χ2n) is 3.25. The first-order valence-corrected chi connectivity index (χ1v) is 6.14. The molecule has 6 heteroatoms. The van der Waals surface area contributed by atoms with Crippen LogP contribution >= 0.6 is 39.1 Å². The number of hydrogen-bond acceptors (Lipinski definition) is 3. The van der Waals surface area contributed by atoms with Gasteiger partial charge in [0.2, 0.25) is 0 Å². The molecule has 0 aliphatic rings. The van der Waals surface area contributed by atoms with Crippen molar-refractivity contribution in [1.82, 2.24) is 4.98 Å². The number of nitrogen functional groups attached to an aromatic ring is 1. The van der Waals surface area contributed by atoms with Gasteiger partial charge in [-0.1, -0.05) is 23.2 Å². The zero-order chi connectivity index (χ0) is 12.4. The topological polar surface area (TPSA) is 48.1 Å². The molecule has 0 amide bonds. The van der Waals surface area contributed by atoms with E-state index >= 15 is 0 Å². The molecule has 0 aliphatic heterocycles. The van der Waals surface area contributed by atoms with Crippen molar-refractivity contribution in [3.63, 3.8) is 0 Å². The van der Waals surface area contributed by atoms with Gasteiger partial charge < -0.3 is 10.5 Å². The van der Waals surface area contributed by atoms with Gasteiger partial charge in [-0.2, -0.15) is 0 Å². The van der Waals surface area contributed by atoms with Crippen LogP contribution in [0, 0.1) is 0 Å². The van der Waals surface area contributed by atoms with E-state index in [2.05, 4.69) is 20.9 Å². The molecule has 0 unspecified atom stereocenters. The molecule has 1 heterocycles. The van der Waals surface area contributed by atoms with Gasteiger partial charge in [0, 0.05) is 16.4 Å². The highest BCUT2D eigenvalue weighted by Crippen LogP contribution is 2.38. The van der Waals surface area contributed by atoms with Crippen molar-refractivity contribution in [3.05, 3.63) is 45.1 Å². The van der Waals surface area contributed by atoms with Crippen LogP contribution in [0.3, 0.4) is 0 Å². The molecular formula is C11H7BrCl2N2O. The molecule has 2 rings (SSSR count). The third kappa shape index (κ3) is 3.03. The van der Waals surface area contributed by atoms with Crippen molar-refractivity contribution in [1.29, 1.82) is 0 Å². The Balaban J connectivity index is 2.36. The van der Waals surface area contributed by atoms with Gasteiger partial charge in [0.15, 0.2) is 5.75 Å². The van der Waals surface area contributed by atoms with Crippen LogP contribution in [-0.4, -0.2) is 4.98 Å². The predicted molar refractivity (Wildman–Crippen MR) is 72.9 cm³/mol. The van der Waals surface area contributed by atoms with Crippen LogP contribution in [-0.2, 0) is 0 Å². The van der Waals surface area contributed by atoms with Crippen molar-refractivity contribution < 1.29 is 4.74 Å².